The molecular formula is C18H21NO5S. The topological polar surface area (TPSA) is 92.7 Å². The molecular weight excluding hydrogens is 342 g/mol. The first-order valence-corrected chi connectivity index (χ1v) is 9.53. The lowest BCUT2D eigenvalue weighted by atomic mass is 10.1. The fraction of sp³-hybridized carbons (Fsp3) is 0.278. The fourth-order valence-electron chi connectivity index (χ4n) is 2.27. The van der Waals surface area contributed by atoms with Crippen LogP contribution in [-0.2, 0) is 32.6 Å². The molecule has 0 radical (unpaired) electrons. The monoisotopic (exact) mass is 363 g/mol. The Hall–Kier alpha value is -2.38. The van der Waals surface area contributed by atoms with Gasteiger partial charge < -0.3 is 9.84 Å². The highest BCUT2D eigenvalue weighted by Gasteiger charge is 2.14. The summed E-state index contributed by atoms with van der Waals surface area (Å²) in [6.07, 6.45) is 0.113. The summed E-state index contributed by atoms with van der Waals surface area (Å²) in [7, 11) is -3.56. The summed E-state index contributed by atoms with van der Waals surface area (Å²) in [4.78, 5) is 10.9. The molecule has 0 bridgehead atoms. The van der Waals surface area contributed by atoms with Crippen LogP contribution in [0.25, 0.3) is 0 Å². The largest absolute Gasteiger partial charge is 0.481 e. The van der Waals surface area contributed by atoms with Crippen molar-refractivity contribution in [1.82, 2.24) is 0 Å². The highest BCUT2D eigenvalue weighted by Crippen LogP contribution is 2.17. The normalized spacial score (nSPS) is 11.2. The van der Waals surface area contributed by atoms with Gasteiger partial charge in [0.15, 0.2) is 0 Å². The van der Waals surface area contributed by atoms with Gasteiger partial charge in [-0.15, -0.1) is 0 Å². The third kappa shape index (κ3) is 6.94. The Morgan fingerprint density at radius 1 is 1.04 bits per heavy atom. The fourth-order valence-corrected chi connectivity index (χ4v) is 3.40. The maximum absolute atomic E-state index is 12.2. The Bertz CT molecular complexity index is 790. The van der Waals surface area contributed by atoms with Gasteiger partial charge >= 0.3 is 5.97 Å². The molecule has 0 unspecified atom stereocenters. The van der Waals surface area contributed by atoms with Gasteiger partial charge in [-0.25, -0.2) is 8.42 Å². The van der Waals surface area contributed by atoms with Gasteiger partial charge in [0.1, 0.15) is 0 Å². The molecule has 0 aliphatic carbocycles. The first-order valence-electron chi connectivity index (χ1n) is 7.88. The maximum atomic E-state index is 12.2. The van der Waals surface area contributed by atoms with Crippen molar-refractivity contribution >= 4 is 21.7 Å². The standard InChI is InChI=1S/C18H21NO5S/c20-18(21)13-16-9-4-5-10-17(16)19-25(22,23)12-6-11-24-14-15-7-2-1-3-8-15/h1-5,7-10,19H,6,11-14H2,(H,20,21). The van der Waals surface area contributed by atoms with E-state index in [2.05, 4.69) is 4.72 Å². The van der Waals surface area contributed by atoms with Crippen LogP contribution in [0.1, 0.15) is 17.5 Å². The van der Waals surface area contributed by atoms with Crippen LogP contribution < -0.4 is 4.72 Å². The van der Waals surface area contributed by atoms with Crippen LogP contribution in [0.3, 0.4) is 0 Å². The quantitative estimate of drug-likeness (QED) is 0.633. The van der Waals surface area contributed by atoms with Crippen LogP contribution in [-0.4, -0.2) is 31.9 Å². The number of carboxylic acids is 1. The minimum absolute atomic E-state index is 0.0941. The molecule has 2 aromatic carbocycles. The molecule has 25 heavy (non-hydrogen) atoms. The summed E-state index contributed by atoms with van der Waals surface area (Å²) in [5, 5.41) is 8.89. The second-order valence-corrected chi connectivity index (χ2v) is 7.38. The van der Waals surface area contributed by atoms with E-state index in [0.29, 0.717) is 30.9 Å². The first kappa shape index (κ1) is 19.0. The minimum Gasteiger partial charge on any atom is -0.481 e. The molecule has 2 aromatic rings. The van der Waals surface area contributed by atoms with Crippen LogP contribution in [0.15, 0.2) is 54.6 Å². The smallest absolute Gasteiger partial charge is 0.307 e. The van der Waals surface area contributed by atoms with E-state index < -0.39 is 16.0 Å². The molecule has 0 saturated carbocycles. The molecule has 0 atom stereocenters. The summed E-state index contributed by atoms with van der Waals surface area (Å²) in [5.41, 5.74) is 1.76. The van der Waals surface area contributed by atoms with Crippen molar-refractivity contribution in [2.45, 2.75) is 19.4 Å². The van der Waals surface area contributed by atoms with Crippen molar-refractivity contribution in [3.8, 4) is 0 Å². The van der Waals surface area contributed by atoms with E-state index in [4.69, 9.17) is 9.84 Å². The van der Waals surface area contributed by atoms with E-state index >= 15 is 0 Å². The van der Waals surface area contributed by atoms with Crippen LogP contribution in [0, 0.1) is 0 Å². The van der Waals surface area contributed by atoms with Crippen LogP contribution in [0.4, 0.5) is 5.69 Å². The molecule has 0 aliphatic rings. The third-order valence-electron chi connectivity index (χ3n) is 3.44. The SMILES string of the molecule is O=C(O)Cc1ccccc1NS(=O)(=O)CCCOCc1ccccc1. The average molecular weight is 363 g/mol. The van der Waals surface area contributed by atoms with Crippen molar-refractivity contribution in [2.75, 3.05) is 17.1 Å². The molecule has 7 heteroatoms. The molecule has 2 rings (SSSR count). The Kier molecular flexibility index (Phi) is 6.97. The molecule has 0 spiro atoms. The summed E-state index contributed by atoms with van der Waals surface area (Å²) in [5.74, 6) is -1.11. The number of aliphatic carboxylic acids is 1. The highest BCUT2D eigenvalue weighted by molar-refractivity contribution is 7.92. The van der Waals surface area contributed by atoms with E-state index in [9.17, 15) is 13.2 Å². The second kappa shape index (κ2) is 9.19. The van der Waals surface area contributed by atoms with E-state index in [0.717, 1.165) is 5.56 Å². The number of anilines is 1. The minimum atomic E-state index is -3.56. The number of carboxylic acid groups (broad SMARTS) is 1. The van der Waals surface area contributed by atoms with Crippen LogP contribution in [0.2, 0.25) is 0 Å². The number of benzene rings is 2. The molecule has 6 nitrogen and oxygen atoms in total. The van der Waals surface area contributed by atoms with Crippen molar-refractivity contribution in [3.05, 3.63) is 65.7 Å². The summed E-state index contributed by atoms with van der Waals surface area (Å²) in [6, 6.07) is 16.1. The number of carbonyl (C=O) groups is 1. The number of para-hydroxylation sites is 1. The van der Waals surface area contributed by atoms with Crippen LogP contribution >= 0.6 is 0 Å². The lowest BCUT2D eigenvalue weighted by Crippen LogP contribution is -2.19. The van der Waals surface area contributed by atoms with Crippen molar-refractivity contribution in [1.29, 1.82) is 0 Å². The predicted octanol–water partition coefficient (Wildman–Crippen LogP) is 2.66. The maximum Gasteiger partial charge on any atom is 0.307 e. The van der Waals surface area contributed by atoms with Crippen LogP contribution in [0.5, 0.6) is 0 Å². The zero-order chi connectivity index (χ0) is 18.1. The van der Waals surface area contributed by atoms with Gasteiger partial charge in [0.05, 0.1) is 24.5 Å². The Morgan fingerprint density at radius 3 is 2.44 bits per heavy atom. The number of ether oxygens (including phenoxy) is 1. The average Bonchev–Trinajstić information content (AvgIpc) is 2.56. The Balaban J connectivity index is 1.81. The van der Waals surface area contributed by atoms with Gasteiger partial charge in [0.2, 0.25) is 10.0 Å². The summed E-state index contributed by atoms with van der Waals surface area (Å²) >= 11 is 0. The summed E-state index contributed by atoms with van der Waals surface area (Å²) < 4.78 is 32.2. The molecule has 0 fully saturated rings. The van der Waals surface area contributed by atoms with E-state index in [1.165, 1.54) is 0 Å². The number of hydrogen-bond donors (Lipinski definition) is 2. The highest BCUT2D eigenvalue weighted by atomic mass is 32.2. The second-order valence-electron chi connectivity index (χ2n) is 5.54. The number of nitrogens with one attached hydrogen (secondary N) is 1. The third-order valence-corrected chi connectivity index (χ3v) is 4.79. The van der Waals surface area contributed by atoms with Gasteiger partial charge in [0, 0.05) is 6.61 Å². The molecule has 134 valence electrons. The van der Waals surface area contributed by atoms with E-state index in [-0.39, 0.29) is 12.2 Å². The Labute approximate surface area is 147 Å². The molecule has 0 aliphatic heterocycles. The zero-order valence-corrected chi connectivity index (χ0v) is 14.5. The number of sulfonamides is 1. The van der Waals surface area contributed by atoms with Gasteiger partial charge in [-0.1, -0.05) is 48.5 Å². The lowest BCUT2D eigenvalue weighted by molar-refractivity contribution is -0.136. The number of hydrogen-bond acceptors (Lipinski definition) is 4. The number of rotatable bonds is 10. The van der Waals surface area contributed by atoms with Gasteiger partial charge in [0.25, 0.3) is 0 Å². The first-order chi connectivity index (χ1) is 12.0. The molecule has 0 saturated heterocycles. The van der Waals surface area contributed by atoms with Gasteiger partial charge in [-0.05, 0) is 23.6 Å². The van der Waals surface area contributed by atoms with Gasteiger partial charge in [-0.3, -0.25) is 9.52 Å². The summed E-state index contributed by atoms with van der Waals surface area (Å²) in [6.45, 7) is 0.766. The van der Waals surface area contributed by atoms with Crippen molar-refractivity contribution < 1.29 is 23.1 Å². The van der Waals surface area contributed by atoms with Crippen molar-refractivity contribution in [2.24, 2.45) is 0 Å². The van der Waals surface area contributed by atoms with E-state index in [1.807, 2.05) is 30.3 Å². The Morgan fingerprint density at radius 2 is 1.72 bits per heavy atom. The zero-order valence-electron chi connectivity index (χ0n) is 13.7. The molecule has 2 N–H and O–H groups in total. The predicted molar refractivity (Wildman–Crippen MR) is 95.9 cm³/mol. The van der Waals surface area contributed by atoms with E-state index in [1.54, 1.807) is 24.3 Å². The molecule has 0 aromatic heterocycles. The van der Waals surface area contributed by atoms with Gasteiger partial charge in [-0.2, -0.15) is 0 Å². The van der Waals surface area contributed by atoms with Crippen molar-refractivity contribution in [3.63, 3.8) is 0 Å². The molecule has 0 amide bonds. The molecule has 0 heterocycles. The lowest BCUT2D eigenvalue weighted by Gasteiger charge is -2.11.